The molecule has 13 heavy (non-hydrogen) atoms. The van der Waals surface area contributed by atoms with Crippen molar-refractivity contribution in [2.75, 3.05) is 23.9 Å². The third-order valence-electron chi connectivity index (χ3n) is 2.23. The van der Waals surface area contributed by atoms with E-state index < -0.39 is 0 Å². The van der Waals surface area contributed by atoms with E-state index in [2.05, 4.69) is 5.10 Å². The van der Waals surface area contributed by atoms with E-state index in [0.717, 1.165) is 31.1 Å². The highest BCUT2D eigenvalue weighted by Crippen LogP contribution is 2.27. The summed E-state index contributed by atoms with van der Waals surface area (Å²) in [6.07, 6.45) is 1.05. The fourth-order valence-corrected chi connectivity index (χ4v) is 1.57. The predicted octanol–water partition coefficient (Wildman–Crippen LogP) is 0.452. The van der Waals surface area contributed by atoms with E-state index in [1.54, 1.807) is 4.68 Å². The Morgan fingerprint density at radius 1 is 1.54 bits per heavy atom. The number of anilines is 2. The van der Waals surface area contributed by atoms with Crippen molar-refractivity contribution in [1.29, 1.82) is 0 Å². The van der Waals surface area contributed by atoms with Gasteiger partial charge in [0, 0.05) is 13.6 Å². The number of hydroxylamine groups is 1. The summed E-state index contributed by atoms with van der Waals surface area (Å²) in [5.74, 6) is 0.870. The van der Waals surface area contributed by atoms with E-state index in [-0.39, 0.29) is 0 Å². The van der Waals surface area contributed by atoms with Gasteiger partial charge in [0.05, 0.1) is 18.0 Å². The average molecular weight is 182 g/mol. The SMILES string of the molecule is Cc1nn(C)c(N2CCCO2)c1N. The minimum atomic E-state index is 0.712. The van der Waals surface area contributed by atoms with Gasteiger partial charge in [0.25, 0.3) is 0 Å². The summed E-state index contributed by atoms with van der Waals surface area (Å²) < 4.78 is 1.76. The molecule has 1 aliphatic rings. The van der Waals surface area contributed by atoms with Crippen molar-refractivity contribution in [1.82, 2.24) is 9.78 Å². The summed E-state index contributed by atoms with van der Waals surface area (Å²) in [4.78, 5) is 5.41. The van der Waals surface area contributed by atoms with Crippen molar-refractivity contribution in [3.05, 3.63) is 5.69 Å². The third-order valence-corrected chi connectivity index (χ3v) is 2.23. The molecule has 1 aromatic rings. The van der Waals surface area contributed by atoms with Crippen molar-refractivity contribution in [2.24, 2.45) is 7.05 Å². The van der Waals surface area contributed by atoms with Gasteiger partial charge >= 0.3 is 0 Å². The molecule has 1 fully saturated rings. The van der Waals surface area contributed by atoms with Gasteiger partial charge in [-0.25, -0.2) is 9.75 Å². The van der Waals surface area contributed by atoms with E-state index in [1.807, 2.05) is 19.0 Å². The van der Waals surface area contributed by atoms with Gasteiger partial charge in [-0.1, -0.05) is 0 Å². The van der Waals surface area contributed by atoms with Crippen LogP contribution in [-0.2, 0) is 11.9 Å². The second-order valence-electron chi connectivity index (χ2n) is 3.24. The number of rotatable bonds is 1. The molecular formula is C8H14N4O. The normalized spacial score (nSPS) is 16.9. The highest BCUT2D eigenvalue weighted by molar-refractivity contribution is 5.65. The Kier molecular flexibility index (Phi) is 1.88. The van der Waals surface area contributed by atoms with Gasteiger partial charge in [0.1, 0.15) is 0 Å². The summed E-state index contributed by atoms with van der Waals surface area (Å²) in [7, 11) is 1.88. The monoisotopic (exact) mass is 182 g/mol. The highest BCUT2D eigenvalue weighted by atomic mass is 16.7. The number of aromatic nitrogens is 2. The lowest BCUT2D eigenvalue weighted by atomic mass is 10.4. The summed E-state index contributed by atoms with van der Waals surface area (Å²) in [5, 5.41) is 6.04. The minimum Gasteiger partial charge on any atom is -0.394 e. The van der Waals surface area contributed by atoms with Crippen molar-refractivity contribution >= 4 is 11.5 Å². The molecule has 2 rings (SSSR count). The first-order valence-electron chi connectivity index (χ1n) is 4.39. The Balaban J connectivity index is 2.37. The van der Waals surface area contributed by atoms with Crippen LogP contribution >= 0.6 is 0 Å². The lowest BCUT2D eigenvalue weighted by Gasteiger charge is -2.16. The molecule has 2 heterocycles. The quantitative estimate of drug-likeness (QED) is 0.685. The maximum atomic E-state index is 5.88. The zero-order valence-electron chi connectivity index (χ0n) is 7.95. The molecule has 0 aromatic carbocycles. The van der Waals surface area contributed by atoms with Gasteiger partial charge in [0.2, 0.25) is 0 Å². The number of hydrogen-bond acceptors (Lipinski definition) is 4. The molecule has 0 unspecified atom stereocenters. The summed E-state index contributed by atoms with van der Waals surface area (Å²) in [5.41, 5.74) is 7.45. The van der Waals surface area contributed by atoms with Crippen LogP contribution in [0.3, 0.4) is 0 Å². The van der Waals surface area contributed by atoms with Crippen LogP contribution in [0.1, 0.15) is 12.1 Å². The topological polar surface area (TPSA) is 56.3 Å². The molecule has 5 nitrogen and oxygen atoms in total. The van der Waals surface area contributed by atoms with Crippen molar-refractivity contribution in [2.45, 2.75) is 13.3 Å². The van der Waals surface area contributed by atoms with Crippen LogP contribution in [0.2, 0.25) is 0 Å². The molecule has 1 saturated heterocycles. The van der Waals surface area contributed by atoms with Crippen LogP contribution in [-0.4, -0.2) is 22.9 Å². The van der Waals surface area contributed by atoms with Crippen LogP contribution in [0.5, 0.6) is 0 Å². The van der Waals surface area contributed by atoms with Gasteiger partial charge in [-0.05, 0) is 13.3 Å². The van der Waals surface area contributed by atoms with Crippen LogP contribution in [0.25, 0.3) is 0 Å². The van der Waals surface area contributed by atoms with Crippen molar-refractivity contribution < 1.29 is 4.84 Å². The largest absolute Gasteiger partial charge is 0.394 e. The molecule has 1 aromatic heterocycles. The maximum Gasteiger partial charge on any atom is 0.174 e. The van der Waals surface area contributed by atoms with E-state index in [0.29, 0.717) is 5.69 Å². The second kappa shape index (κ2) is 2.92. The third kappa shape index (κ3) is 1.25. The van der Waals surface area contributed by atoms with Crippen LogP contribution in [0.4, 0.5) is 11.5 Å². The maximum absolute atomic E-state index is 5.88. The Morgan fingerprint density at radius 2 is 2.31 bits per heavy atom. The van der Waals surface area contributed by atoms with E-state index in [1.165, 1.54) is 0 Å². The first kappa shape index (κ1) is 8.37. The molecule has 5 heteroatoms. The molecule has 2 N–H and O–H groups in total. The van der Waals surface area contributed by atoms with Crippen molar-refractivity contribution in [3.63, 3.8) is 0 Å². The van der Waals surface area contributed by atoms with Gasteiger partial charge in [0.15, 0.2) is 5.82 Å². The van der Waals surface area contributed by atoms with Gasteiger partial charge in [-0.15, -0.1) is 0 Å². The predicted molar refractivity (Wildman–Crippen MR) is 50.3 cm³/mol. The Bertz CT molecular complexity index is 314. The minimum absolute atomic E-state index is 0.712. The van der Waals surface area contributed by atoms with Crippen molar-refractivity contribution in [3.8, 4) is 0 Å². The van der Waals surface area contributed by atoms with Crippen LogP contribution < -0.4 is 10.8 Å². The Labute approximate surface area is 77.0 Å². The molecule has 1 aliphatic heterocycles. The summed E-state index contributed by atoms with van der Waals surface area (Å²) >= 11 is 0. The fourth-order valence-electron chi connectivity index (χ4n) is 1.57. The molecule has 0 aliphatic carbocycles. The molecular weight excluding hydrogens is 168 g/mol. The average Bonchev–Trinajstić information content (AvgIpc) is 2.63. The molecule has 0 saturated carbocycles. The number of nitrogen functional groups attached to an aromatic ring is 1. The first-order valence-corrected chi connectivity index (χ1v) is 4.39. The molecule has 0 amide bonds. The first-order chi connectivity index (χ1) is 6.20. The van der Waals surface area contributed by atoms with Crippen LogP contribution in [0, 0.1) is 6.92 Å². The van der Waals surface area contributed by atoms with E-state index in [9.17, 15) is 0 Å². The zero-order chi connectivity index (χ0) is 9.42. The molecule has 0 radical (unpaired) electrons. The number of hydrogen-bond donors (Lipinski definition) is 1. The number of nitrogens with two attached hydrogens (primary N) is 1. The molecule has 72 valence electrons. The fraction of sp³-hybridized carbons (Fsp3) is 0.625. The van der Waals surface area contributed by atoms with Gasteiger partial charge in [-0.2, -0.15) is 5.10 Å². The number of aryl methyl sites for hydroxylation is 2. The lowest BCUT2D eigenvalue weighted by Crippen LogP contribution is -2.20. The molecule has 0 atom stereocenters. The zero-order valence-corrected chi connectivity index (χ0v) is 7.95. The van der Waals surface area contributed by atoms with E-state index in [4.69, 9.17) is 10.6 Å². The van der Waals surface area contributed by atoms with E-state index >= 15 is 0 Å². The van der Waals surface area contributed by atoms with Gasteiger partial charge in [-0.3, -0.25) is 4.84 Å². The number of nitrogens with zero attached hydrogens (tertiary/aromatic N) is 3. The standard InChI is InChI=1S/C8H14N4O/c1-6-7(9)8(11(2)10-6)12-4-3-5-13-12/h3-5,9H2,1-2H3. The Hall–Kier alpha value is -1.23. The highest BCUT2D eigenvalue weighted by Gasteiger charge is 2.21. The summed E-state index contributed by atoms with van der Waals surface area (Å²) in [6, 6.07) is 0. The Morgan fingerprint density at radius 3 is 2.77 bits per heavy atom. The molecule has 0 spiro atoms. The van der Waals surface area contributed by atoms with Gasteiger partial charge < -0.3 is 5.73 Å². The smallest absolute Gasteiger partial charge is 0.174 e. The lowest BCUT2D eigenvalue weighted by molar-refractivity contribution is 0.164. The summed E-state index contributed by atoms with van der Waals surface area (Å²) in [6.45, 7) is 3.56. The van der Waals surface area contributed by atoms with Crippen LogP contribution in [0.15, 0.2) is 0 Å². The second-order valence-corrected chi connectivity index (χ2v) is 3.24. The molecule has 0 bridgehead atoms.